The number of carbonyl (C=O) groups excluding carboxylic acids is 1. The van der Waals surface area contributed by atoms with Gasteiger partial charge in [0, 0.05) is 6.07 Å². The Morgan fingerprint density at radius 2 is 1.81 bits per heavy atom. The van der Waals surface area contributed by atoms with E-state index in [9.17, 15) is 9.36 Å². The van der Waals surface area contributed by atoms with E-state index in [2.05, 4.69) is 0 Å². The van der Waals surface area contributed by atoms with Crippen molar-refractivity contribution in [3.05, 3.63) is 23.2 Å². The summed E-state index contributed by atoms with van der Waals surface area (Å²) < 4.78 is 34.3. The molecule has 1 aromatic rings. The van der Waals surface area contributed by atoms with Crippen LogP contribution in [0.15, 0.2) is 18.2 Å². The summed E-state index contributed by atoms with van der Waals surface area (Å²) in [6.07, 6.45) is 2.82. The summed E-state index contributed by atoms with van der Waals surface area (Å²) in [6, 6.07) is 5.26. The van der Waals surface area contributed by atoms with Gasteiger partial charge < -0.3 is 18.5 Å². The van der Waals surface area contributed by atoms with E-state index in [1.54, 1.807) is 39.2 Å². The average Bonchev–Trinajstić information content (AvgIpc) is 2.61. The number of hydrogen-bond acceptors (Lipinski definition) is 6. The van der Waals surface area contributed by atoms with Crippen LogP contribution >= 0.6 is 19.2 Å². The zero-order valence-corrected chi connectivity index (χ0v) is 18.2. The molecule has 8 heteroatoms. The van der Waals surface area contributed by atoms with Gasteiger partial charge in [-0.2, -0.15) is 0 Å². The molecule has 6 nitrogen and oxygen atoms in total. The fourth-order valence-corrected chi connectivity index (χ4v) is 5.01. The number of carbonyl (C=O) groups is 1. The Hall–Kier alpha value is -1.07. The first-order valence-corrected chi connectivity index (χ1v) is 11.2. The summed E-state index contributed by atoms with van der Waals surface area (Å²) in [5, 5.41) is 0.500. The van der Waals surface area contributed by atoms with Crippen molar-refractivity contribution in [1.29, 1.82) is 0 Å². The van der Waals surface area contributed by atoms with Crippen LogP contribution in [-0.4, -0.2) is 38.4 Å². The van der Waals surface area contributed by atoms with Gasteiger partial charge in [-0.25, -0.2) is 0 Å². The van der Waals surface area contributed by atoms with E-state index in [1.165, 1.54) is 6.92 Å². The summed E-state index contributed by atoms with van der Waals surface area (Å²) >= 11 is 6.13. The number of methoxy groups -OCH3 is 1. The largest absolute Gasteiger partial charge is 0.497 e. The van der Waals surface area contributed by atoms with Crippen LogP contribution in [0.3, 0.4) is 0 Å². The first kappa shape index (κ1) is 24.0. The molecular formula is C19H30ClO6P. The Bertz CT molecular complexity index is 627. The number of ketones is 1. The topological polar surface area (TPSA) is 71.1 Å². The second kappa shape index (κ2) is 12.4. The molecule has 0 fully saturated rings. The average molecular weight is 421 g/mol. The third kappa shape index (κ3) is 7.82. The van der Waals surface area contributed by atoms with Crippen molar-refractivity contribution in [3.8, 4) is 11.5 Å². The van der Waals surface area contributed by atoms with Gasteiger partial charge in [0.2, 0.25) is 0 Å². The molecular weight excluding hydrogens is 391 g/mol. The highest BCUT2D eigenvalue weighted by atomic mass is 35.5. The number of hydrogen-bond donors (Lipinski definition) is 0. The zero-order chi connectivity index (χ0) is 20.3. The molecule has 0 amide bonds. The van der Waals surface area contributed by atoms with E-state index in [1.807, 2.05) is 0 Å². The highest BCUT2D eigenvalue weighted by Gasteiger charge is 2.38. The molecule has 0 aliphatic carbocycles. The Balaban J connectivity index is 2.44. The van der Waals surface area contributed by atoms with E-state index in [0.717, 1.165) is 19.3 Å². The molecule has 0 aromatic heterocycles. The smallest absolute Gasteiger partial charge is 0.341 e. The van der Waals surface area contributed by atoms with E-state index in [-0.39, 0.29) is 19.0 Å². The van der Waals surface area contributed by atoms with Gasteiger partial charge in [0.05, 0.1) is 32.0 Å². The van der Waals surface area contributed by atoms with E-state index in [0.29, 0.717) is 29.5 Å². The lowest BCUT2D eigenvalue weighted by molar-refractivity contribution is -0.117. The molecule has 0 saturated carbocycles. The zero-order valence-electron chi connectivity index (χ0n) is 16.5. The second-order valence-corrected chi connectivity index (χ2v) is 8.62. The van der Waals surface area contributed by atoms with Gasteiger partial charge in [-0.05, 0) is 45.7 Å². The highest BCUT2D eigenvalue weighted by Crippen LogP contribution is 2.54. The molecule has 154 valence electrons. The Morgan fingerprint density at radius 3 is 2.33 bits per heavy atom. The lowest BCUT2D eigenvalue weighted by Gasteiger charge is -2.24. The summed E-state index contributed by atoms with van der Waals surface area (Å²) in [5.74, 6) is 1.12. The molecule has 1 aromatic carbocycles. The molecule has 1 atom stereocenters. The maximum atomic E-state index is 12.8. The first-order valence-electron chi connectivity index (χ1n) is 9.23. The molecule has 0 saturated heterocycles. The Morgan fingerprint density at radius 1 is 1.15 bits per heavy atom. The highest BCUT2D eigenvalue weighted by molar-refractivity contribution is 7.55. The molecule has 0 spiro atoms. The molecule has 0 aliphatic heterocycles. The number of benzene rings is 1. The quantitative estimate of drug-likeness (QED) is 0.292. The van der Waals surface area contributed by atoms with Crippen molar-refractivity contribution in [3.63, 3.8) is 0 Å². The summed E-state index contributed by atoms with van der Waals surface area (Å²) in [6.45, 7) is 5.92. The van der Waals surface area contributed by atoms with Crippen LogP contribution in [-0.2, 0) is 18.4 Å². The van der Waals surface area contributed by atoms with Gasteiger partial charge >= 0.3 is 7.60 Å². The number of Topliss-reactive ketones (excluding diaryl/α,β-unsaturated/α-hetero) is 1. The third-order valence-corrected chi connectivity index (χ3v) is 6.90. The van der Waals surface area contributed by atoms with E-state index < -0.39 is 13.3 Å². The van der Waals surface area contributed by atoms with E-state index >= 15 is 0 Å². The van der Waals surface area contributed by atoms with Crippen LogP contribution in [0.25, 0.3) is 0 Å². The van der Waals surface area contributed by atoms with Gasteiger partial charge in [0.1, 0.15) is 22.9 Å². The number of unbranched alkanes of at least 4 members (excludes halogenated alkanes) is 2. The monoisotopic (exact) mass is 420 g/mol. The molecule has 0 bridgehead atoms. The van der Waals surface area contributed by atoms with Crippen LogP contribution in [0.2, 0.25) is 5.02 Å². The molecule has 1 rings (SSSR count). The van der Waals surface area contributed by atoms with Gasteiger partial charge in [0.15, 0.2) is 0 Å². The van der Waals surface area contributed by atoms with Crippen molar-refractivity contribution in [1.82, 2.24) is 0 Å². The van der Waals surface area contributed by atoms with E-state index in [4.69, 9.17) is 30.1 Å². The fraction of sp³-hybridized carbons (Fsp3) is 0.632. The maximum Gasteiger partial charge on any atom is 0.341 e. The SMILES string of the molecule is CCOP(=O)(OCC)C(CCCCCOc1ccc(OC)cc1Cl)C(C)=O. The molecule has 0 aliphatic rings. The predicted octanol–water partition coefficient (Wildman–Crippen LogP) is 5.51. The van der Waals surface area contributed by atoms with Gasteiger partial charge in [0.25, 0.3) is 0 Å². The molecule has 0 heterocycles. The minimum atomic E-state index is -3.41. The van der Waals surface area contributed by atoms with Crippen LogP contribution in [0, 0.1) is 0 Å². The minimum absolute atomic E-state index is 0.165. The van der Waals surface area contributed by atoms with Crippen molar-refractivity contribution < 1.29 is 27.9 Å². The molecule has 27 heavy (non-hydrogen) atoms. The maximum absolute atomic E-state index is 12.8. The van der Waals surface area contributed by atoms with Crippen molar-refractivity contribution in [2.45, 2.75) is 52.1 Å². The van der Waals surface area contributed by atoms with Crippen molar-refractivity contribution >= 4 is 25.0 Å². The van der Waals surface area contributed by atoms with Crippen LogP contribution in [0.4, 0.5) is 0 Å². The molecule has 0 radical (unpaired) electrons. The van der Waals surface area contributed by atoms with Crippen molar-refractivity contribution in [2.24, 2.45) is 0 Å². The van der Waals surface area contributed by atoms with Crippen molar-refractivity contribution in [2.75, 3.05) is 26.9 Å². The molecule has 0 N–H and O–H groups in total. The molecule has 1 unspecified atom stereocenters. The summed E-state index contributed by atoms with van der Waals surface area (Å²) in [4.78, 5) is 12.0. The third-order valence-electron chi connectivity index (χ3n) is 3.99. The van der Waals surface area contributed by atoms with Crippen LogP contribution in [0.5, 0.6) is 11.5 Å². The number of ether oxygens (including phenoxy) is 2. The van der Waals surface area contributed by atoms with Gasteiger partial charge in [-0.15, -0.1) is 0 Å². The second-order valence-electron chi connectivity index (χ2n) is 6.00. The number of halogens is 1. The number of rotatable bonds is 14. The normalized spacial score (nSPS) is 12.6. The van der Waals surface area contributed by atoms with Crippen LogP contribution in [0.1, 0.15) is 46.5 Å². The van der Waals surface area contributed by atoms with Gasteiger partial charge in [-0.1, -0.05) is 24.4 Å². The Labute approximate surface area is 167 Å². The fourth-order valence-electron chi connectivity index (χ4n) is 2.69. The lowest BCUT2D eigenvalue weighted by atomic mass is 10.1. The van der Waals surface area contributed by atoms with Gasteiger partial charge in [-0.3, -0.25) is 9.36 Å². The summed E-state index contributed by atoms with van der Waals surface area (Å²) in [7, 11) is -1.83. The van der Waals surface area contributed by atoms with Crippen LogP contribution < -0.4 is 9.47 Å². The standard InChI is InChI=1S/C19H30ClO6P/c1-5-25-27(22,26-6-2)19(15(3)21)10-8-7-9-13-24-18-12-11-16(23-4)14-17(18)20/h11-12,14,19H,5-10,13H2,1-4H3. The Kier molecular flexibility index (Phi) is 11.0. The predicted molar refractivity (Wildman–Crippen MR) is 107 cm³/mol. The first-order chi connectivity index (χ1) is 12.9. The lowest BCUT2D eigenvalue weighted by Crippen LogP contribution is -2.21. The minimum Gasteiger partial charge on any atom is -0.497 e. The summed E-state index contributed by atoms with van der Waals surface area (Å²) in [5.41, 5.74) is -0.714.